The number of carbonyl (C=O) groups excluding carboxylic acids is 1. The molecule has 1 aliphatic heterocycles. The van der Waals surface area contributed by atoms with E-state index in [1.54, 1.807) is 6.07 Å². The average Bonchev–Trinajstić information content (AvgIpc) is 3.66. The molecule has 0 bridgehead atoms. The highest BCUT2D eigenvalue weighted by Gasteiger charge is 2.25. The molecule has 3 heterocycles. The second-order valence-corrected chi connectivity index (χ2v) is 11.3. The van der Waals surface area contributed by atoms with E-state index in [-0.39, 0.29) is 11.9 Å². The minimum Gasteiger partial charge on any atom is -0.494 e. The number of anilines is 1. The van der Waals surface area contributed by atoms with E-state index in [9.17, 15) is 4.79 Å². The van der Waals surface area contributed by atoms with E-state index in [2.05, 4.69) is 44.4 Å². The van der Waals surface area contributed by atoms with Crippen molar-refractivity contribution in [1.82, 2.24) is 9.88 Å². The van der Waals surface area contributed by atoms with Crippen LogP contribution in [0.1, 0.15) is 38.5 Å². The summed E-state index contributed by atoms with van der Waals surface area (Å²) in [5, 5.41) is 4.58. The van der Waals surface area contributed by atoms with Gasteiger partial charge in [0.05, 0.1) is 18.0 Å². The molecule has 2 fully saturated rings. The van der Waals surface area contributed by atoms with Crippen LogP contribution < -0.4 is 14.4 Å². The Balaban J connectivity index is 0.940. The number of hydrogen-bond acceptors (Lipinski definition) is 7. The number of unbranched alkanes of at least 4 members (excludes halogenated alkanes) is 1. The van der Waals surface area contributed by atoms with Gasteiger partial charge in [-0.3, -0.25) is 9.69 Å². The minimum absolute atomic E-state index is 0.0205. The third-order valence-electron chi connectivity index (χ3n) is 7.85. The number of carbonyl (C=O) groups is 1. The van der Waals surface area contributed by atoms with Crippen molar-refractivity contribution in [3.63, 3.8) is 0 Å². The maximum absolute atomic E-state index is 12.4. The first-order valence-corrected chi connectivity index (χ1v) is 14.8. The molecular formula is C31H35N3O3S. The van der Waals surface area contributed by atoms with Crippen molar-refractivity contribution in [3.05, 3.63) is 60.0 Å². The van der Waals surface area contributed by atoms with Crippen LogP contribution in [0.3, 0.4) is 0 Å². The lowest BCUT2D eigenvalue weighted by atomic mass is 10.1. The van der Waals surface area contributed by atoms with Gasteiger partial charge in [0, 0.05) is 59.5 Å². The Kier molecular flexibility index (Phi) is 7.74. The van der Waals surface area contributed by atoms with E-state index in [0.717, 1.165) is 87.9 Å². The van der Waals surface area contributed by atoms with Crippen molar-refractivity contribution >= 4 is 44.0 Å². The van der Waals surface area contributed by atoms with Crippen molar-refractivity contribution in [3.8, 4) is 11.6 Å². The highest BCUT2D eigenvalue weighted by atomic mass is 32.1. The topological polar surface area (TPSA) is 54.9 Å². The molecule has 0 spiro atoms. The maximum atomic E-state index is 12.4. The number of ether oxygens (including phenoxy) is 2. The Morgan fingerprint density at radius 2 is 1.82 bits per heavy atom. The number of piperazine rings is 1. The van der Waals surface area contributed by atoms with Crippen molar-refractivity contribution < 1.29 is 14.3 Å². The van der Waals surface area contributed by atoms with E-state index >= 15 is 0 Å². The molecule has 6 nitrogen and oxygen atoms in total. The predicted octanol–water partition coefficient (Wildman–Crippen LogP) is 6.53. The molecule has 198 valence electrons. The van der Waals surface area contributed by atoms with E-state index in [4.69, 9.17) is 9.47 Å². The summed E-state index contributed by atoms with van der Waals surface area (Å²) >= 11 is 1.82. The molecule has 0 unspecified atom stereocenters. The standard InChI is InChI=1S/C31H35N3O3S/c35-31(24-6-1-2-7-24)37-30-13-11-23-10-12-25(22-27(23)32-30)36-20-4-3-15-33-16-18-34(19-17-33)28-8-5-9-29-26(28)14-21-38-29/h5,8-14,21-22,24H,1-4,6-7,15-20H2. The fraction of sp³-hybridized carbons (Fsp3) is 0.419. The predicted molar refractivity (Wildman–Crippen MR) is 155 cm³/mol. The maximum Gasteiger partial charge on any atom is 0.315 e. The molecule has 0 radical (unpaired) electrons. The van der Waals surface area contributed by atoms with Crippen LogP contribution in [0.5, 0.6) is 11.6 Å². The smallest absolute Gasteiger partial charge is 0.315 e. The summed E-state index contributed by atoms with van der Waals surface area (Å²) in [5.41, 5.74) is 2.16. The number of hydrogen-bond donors (Lipinski definition) is 0. The van der Waals surface area contributed by atoms with Gasteiger partial charge in [-0.05, 0) is 74.0 Å². The Hall–Kier alpha value is -3.16. The Bertz CT molecular complexity index is 1390. The second-order valence-electron chi connectivity index (χ2n) is 10.4. The number of thiophene rings is 1. The van der Waals surface area contributed by atoms with Gasteiger partial charge < -0.3 is 14.4 Å². The van der Waals surface area contributed by atoms with Gasteiger partial charge in [-0.25, -0.2) is 4.98 Å². The number of benzene rings is 2. The molecule has 2 aliphatic rings. The van der Waals surface area contributed by atoms with Crippen LogP contribution in [0.4, 0.5) is 5.69 Å². The summed E-state index contributed by atoms with van der Waals surface area (Å²) in [6, 6.07) is 18.6. The summed E-state index contributed by atoms with van der Waals surface area (Å²) in [4.78, 5) is 22.0. The number of nitrogens with zero attached hydrogens (tertiary/aromatic N) is 3. The van der Waals surface area contributed by atoms with Crippen molar-refractivity contribution in [2.24, 2.45) is 5.92 Å². The van der Waals surface area contributed by atoms with Gasteiger partial charge >= 0.3 is 5.97 Å². The largest absolute Gasteiger partial charge is 0.494 e. The first kappa shape index (κ1) is 25.1. The molecule has 2 aromatic heterocycles. The van der Waals surface area contributed by atoms with Crippen LogP contribution in [0.2, 0.25) is 0 Å². The van der Waals surface area contributed by atoms with Gasteiger partial charge in [-0.1, -0.05) is 18.9 Å². The lowest BCUT2D eigenvalue weighted by molar-refractivity contribution is -0.138. The number of aromatic nitrogens is 1. The molecule has 38 heavy (non-hydrogen) atoms. The third-order valence-corrected chi connectivity index (χ3v) is 8.74. The van der Waals surface area contributed by atoms with Gasteiger partial charge in [0.25, 0.3) is 0 Å². The highest BCUT2D eigenvalue weighted by molar-refractivity contribution is 7.17. The summed E-state index contributed by atoms with van der Waals surface area (Å²) in [7, 11) is 0. The van der Waals surface area contributed by atoms with Gasteiger partial charge in [0.1, 0.15) is 5.75 Å². The molecule has 0 N–H and O–H groups in total. The second kappa shape index (κ2) is 11.7. The fourth-order valence-corrected chi connectivity index (χ4v) is 6.47. The molecule has 2 aromatic carbocycles. The summed E-state index contributed by atoms with van der Waals surface area (Å²) in [5.74, 6) is 1.05. The lowest BCUT2D eigenvalue weighted by Crippen LogP contribution is -2.46. The van der Waals surface area contributed by atoms with Crippen LogP contribution in [0, 0.1) is 5.92 Å². The summed E-state index contributed by atoms with van der Waals surface area (Å²) in [6.07, 6.45) is 6.19. The number of pyridine rings is 1. The molecular weight excluding hydrogens is 494 g/mol. The molecule has 0 atom stereocenters. The van der Waals surface area contributed by atoms with Gasteiger partial charge in [-0.15, -0.1) is 11.3 Å². The SMILES string of the molecule is O=C(Oc1ccc2ccc(OCCCCN3CCN(c4cccc5sccc45)CC3)cc2n1)C1CCCC1. The number of rotatable bonds is 9. The molecule has 1 saturated carbocycles. The Labute approximate surface area is 228 Å². The van der Waals surface area contributed by atoms with Crippen LogP contribution in [0.25, 0.3) is 21.0 Å². The molecule has 6 rings (SSSR count). The van der Waals surface area contributed by atoms with Gasteiger partial charge in [0.2, 0.25) is 5.88 Å². The molecule has 7 heteroatoms. The van der Waals surface area contributed by atoms with E-state index < -0.39 is 0 Å². The van der Waals surface area contributed by atoms with Crippen molar-refractivity contribution in [1.29, 1.82) is 0 Å². The van der Waals surface area contributed by atoms with Gasteiger partial charge in [0.15, 0.2) is 0 Å². The van der Waals surface area contributed by atoms with Crippen LogP contribution >= 0.6 is 11.3 Å². The zero-order valence-corrected chi connectivity index (χ0v) is 22.6. The molecule has 1 aliphatic carbocycles. The Morgan fingerprint density at radius 3 is 2.68 bits per heavy atom. The van der Waals surface area contributed by atoms with Gasteiger partial charge in [-0.2, -0.15) is 0 Å². The summed E-state index contributed by atoms with van der Waals surface area (Å²) in [6.45, 7) is 6.15. The average molecular weight is 530 g/mol. The van der Waals surface area contributed by atoms with Crippen LogP contribution in [0.15, 0.2) is 60.0 Å². The van der Waals surface area contributed by atoms with Crippen LogP contribution in [-0.4, -0.2) is 55.2 Å². The lowest BCUT2D eigenvalue weighted by Gasteiger charge is -2.36. The summed E-state index contributed by atoms with van der Waals surface area (Å²) < 4.78 is 13.0. The minimum atomic E-state index is -0.150. The zero-order chi connectivity index (χ0) is 25.7. The quantitative estimate of drug-likeness (QED) is 0.182. The first-order valence-electron chi connectivity index (χ1n) is 13.9. The normalized spacial score (nSPS) is 16.9. The monoisotopic (exact) mass is 529 g/mol. The van der Waals surface area contributed by atoms with E-state index in [0.29, 0.717) is 12.5 Å². The zero-order valence-electron chi connectivity index (χ0n) is 21.8. The van der Waals surface area contributed by atoms with Crippen molar-refractivity contribution in [2.75, 3.05) is 44.2 Å². The number of esters is 1. The van der Waals surface area contributed by atoms with Crippen molar-refractivity contribution in [2.45, 2.75) is 38.5 Å². The Morgan fingerprint density at radius 1 is 0.974 bits per heavy atom. The third kappa shape index (κ3) is 5.79. The fourth-order valence-electron chi connectivity index (χ4n) is 5.67. The van der Waals surface area contributed by atoms with E-state index in [1.807, 2.05) is 35.6 Å². The van der Waals surface area contributed by atoms with E-state index in [1.165, 1.54) is 15.8 Å². The number of fused-ring (bicyclic) bond motifs is 2. The molecule has 0 amide bonds. The first-order chi connectivity index (χ1) is 18.7. The van der Waals surface area contributed by atoms with Crippen LogP contribution in [-0.2, 0) is 4.79 Å². The molecule has 4 aromatic rings. The molecule has 1 saturated heterocycles. The highest BCUT2D eigenvalue weighted by Crippen LogP contribution is 2.31.